The van der Waals surface area contributed by atoms with Gasteiger partial charge in [0.1, 0.15) is 0 Å². The molecule has 0 radical (unpaired) electrons. The van der Waals surface area contributed by atoms with E-state index in [2.05, 4.69) is 5.32 Å². The zero-order chi connectivity index (χ0) is 13.4. The van der Waals surface area contributed by atoms with Gasteiger partial charge in [0.25, 0.3) is 0 Å². The lowest BCUT2D eigenvalue weighted by Gasteiger charge is -2.08. The first-order chi connectivity index (χ1) is 8.65. The van der Waals surface area contributed by atoms with Gasteiger partial charge in [0, 0.05) is 13.2 Å². The quantitative estimate of drug-likeness (QED) is 0.636. The van der Waals surface area contributed by atoms with Gasteiger partial charge in [0.05, 0.1) is 16.3 Å². The standard InChI is InChI=1S/C13H18ClNO3/c14-11-9-10(13(17)18)5-6-12(11)15-7-3-1-2-4-8-16/h5-6,9,15-16H,1-4,7-8H2,(H,17,18). The number of carbonyl (C=O) groups is 1. The number of halogens is 1. The maximum absolute atomic E-state index is 10.7. The summed E-state index contributed by atoms with van der Waals surface area (Å²) >= 11 is 5.98. The van der Waals surface area contributed by atoms with Gasteiger partial charge in [-0.2, -0.15) is 0 Å². The molecular weight excluding hydrogens is 254 g/mol. The number of nitrogens with one attached hydrogen (secondary N) is 1. The van der Waals surface area contributed by atoms with Crippen molar-refractivity contribution >= 4 is 23.3 Å². The number of hydrogen-bond acceptors (Lipinski definition) is 3. The highest BCUT2D eigenvalue weighted by molar-refractivity contribution is 6.33. The molecule has 3 N–H and O–H groups in total. The van der Waals surface area contributed by atoms with Crippen LogP contribution in [-0.2, 0) is 0 Å². The highest BCUT2D eigenvalue weighted by Crippen LogP contribution is 2.23. The van der Waals surface area contributed by atoms with E-state index in [1.165, 1.54) is 12.1 Å². The van der Waals surface area contributed by atoms with Gasteiger partial charge in [0.2, 0.25) is 0 Å². The lowest BCUT2D eigenvalue weighted by Crippen LogP contribution is -2.03. The third kappa shape index (κ3) is 4.94. The summed E-state index contributed by atoms with van der Waals surface area (Å²) in [6, 6.07) is 4.65. The SMILES string of the molecule is O=C(O)c1ccc(NCCCCCCO)c(Cl)c1. The van der Waals surface area contributed by atoms with E-state index in [9.17, 15) is 4.79 Å². The summed E-state index contributed by atoms with van der Waals surface area (Å²) in [5.74, 6) is -0.979. The fourth-order valence-corrected chi connectivity index (χ4v) is 1.85. The van der Waals surface area contributed by atoms with Crippen molar-refractivity contribution in [3.05, 3.63) is 28.8 Å². The van der Waals surface area contributed by atoms with Crippen molar-refractivity contribution in [2.24, 2.45) is 0 Å². The minimum absolute atomic E-state index is 0.188. The van der Waals surface area contributed by atoms with Gasteiger partial charge in [-0.1, -0.05) is 24.4 Å². The Hall–Kier alpha value is -1.26. The molecule has 0 aliphatic rings. The fraction of sp³-hybridized carbons (Fsp3) is 0.462. The molecule has 0 saturated carbocycles. The number of unbranched alkanes of at least 4 members (excludes halogenated alkanes) is 3. The Morgan fingerprint density at radius 2 is 1.94 bits per heavy atom. The summed E-state index contributed by atoms with van der Waals surface area (Å²) in [5, 5.41) is 21.0. The summed E-state index contributed by atoms with van der Waals surface area (Å²) in [5.41, 5.74) is 0.942. The molecule has 0 bridgehead atoms. The van der Waals surface area contributed by atoms with Crippen molar-refractivity contribution in [1.82, 2.24) is 0 Å². The van der Waals surface area contributed by atoms with Crippen molar-refractivity contribution in [2.75, 3.05) is 18.5 Å². The molecule has 0 amide bonds. The van der Waals surface area contributed by atoms with E-state index in [4.69, 9.17) is 21.8 Å². The number of aliphatic hydroxyl groups excluding tert-OH is 1. The number of rotatable bonds is 8. The Morgan fingerprint density at radius 1 is 1.22 bits per heavy atom. The monoisotopic (exact) mass is 271 g/mol. The van der Waals surface area contributed by atoms with Crippen LogP contribution in [0.4, 0.5) is 5.69 Å². The third-order valence-electron chi connectivity index (χ3n) is 2.62. The average molecular weight is 272 g/mol. The zero-order valence-electron chi connectivity index (χ0n) is 10.2. The van der Waals surface area contributed by atoms with Crippen LogP contribution >= 0.6 is 11.6 Å². The van der Waals surface area contributed by atoms with Gasteiger partial charge in [-0.15, -0.1) is 0 Å². The molecule has 1 aromatic carbocycles. The van der Waals surface area contributed by atoms with Crippen LogP contribution in [0.2, 0.25) is 5.02 Å². The lowest BCUT2D eigenvalue weighted by molar-refractivity contribution is 0.0697. The first-order valence-corrected chi connectivity index (χ1v) is 6.40. The molecular formula is C13H18ClNO3. The molecule has 0 aliphatic heterocycles. The van der Waals surface area contributed by atoms with Crippen molar-refractivity contribution in [1.29, 1.82) is 0 Å². The third-order valence-corrected chi connectivity index (χ3v) is 2.93. The number of carboxylic acid groups (broad SMARTS) is 1. The Balaban J connectivity index is 2.36. The number of carboxylic acids is 1. The van der Waals surface area contributed by atoms with E-state index in [0.29, 0.717) is 5.02 Å². The van der Waals surface area contributed by atoms with E-state index < -0.39 is 5.97 Å². The topological polar surface area (TPSA) is 69.6 Å². The van der Waals surface area contributed by atoms with Gasteiger partial charge < -0.3 is 15.5 Å². The largest absolute Gasteiger partial charge is 0.478 e. The van der Waals surface area contributed by atoms with Crippen LogP contribution in [0, 0.1) is 0 Å². The van der Waals surface area contributed by atoms with E-state index in [-0.39, 0.29) is 12.2 Å². The normalized spacial score (nSPS) is 10.3. The van der Waals surface area contributed by atoms with Crippen LogP contribution in [0.15, 0.2) is 18.2 Å². The van der Waals surface area contributed by atoms with Crippen molar-refractivity contribution in [2.45, 2.75) is 25.7 Å². The first kappa shape index (κ1) is 14.8. The molecule has 0 spiro atoms. The number of anilines is 1. The molecule has 0 aliphatic carbocycles. The van der Waals surface area contributed by atoms with E-state index in [1.807, 2.05) is 0 Å². The second kappa shape index (κ2) is 7.95. The molecule has 4 nitrogen and oxygen atoms in total. The molecule has 100 valence electrons. The second-order valence-electron chi connectivity index (χ2n) is 4.06. The first-order valence-electron chi connectivity index (χ1n) is 6.02. The molecule has 0 aromatic heterocycles. The van der Waals surface area contributed by atoms with Crippen LogP contribution in [0.5, 0.6) is 0 Å². The number of aliphatic hydroxyl groups is 1. The molecule has 0 unspecified atom stereocenters. The van der Waals surface area contributed by atoms with Crippen LogP contribution in [-0.4, -0.2) is 29.3 Å². The van der Waals surface area contributed by atoms with Crippen molar-refractivity contribution in [3.63, 3.8) is 0 Å². The highest BCUT2D eigenvalue weighted by Gasteiger charge is 2.06. The lowest BCUT2D eigenvalue weighted by atomic mass is 10.2. The van der Waals surface area contributed by atoms with Crippen LogP contribution in [0.3, 0.4) is 0 Å². The van der Waals surface area contributed by atoms with Crippen LogP contribution < -0.4 is 5.32 Å². The number of benzene rings is 1. The molecule has 0 atom stereocenters. The number of aromatic carboxylic acids is 1. The Morgan fingerprint density at radius 3 is 2.56 bits per heavy atom. The van der Waals surface area contributed by atoms with Crippen LogP contribution in [0.25, 0.3) is 0 Å². The Kier molecular flexibility index (Phi) is 6.54. The summed E-state index contributed by atoms with van der Waals surface area (Å²) in [4.78, 5) is 10.7. The average Bonchev–Trinajstić information content (AvgIpc) is 2.35. The predicted octanol–water partition coefficient (Wildman–Crippen LogP) is 3.00. The molecule has 5 heteroatoms. The van der Waals surface area contributed by atoms with Gasteiger partial charge in [-0.25, -0.2) is 4.79 Å². The van der Waals surface area contributed by atoms with Gasteiger partial charge in [-0.3, -0.25) is 0 Å². The van der Waals surface area contributed by atoms with E-state index >= 15 is 0 Å². The molecule has 0 saturated heterocycles. The molecule has 1 rings (SSSR count). The predicted molar refractivity (Wildman–Crippen MR) is 72.5 cm³/mol. The Labute approximate surface area is 112 Å². The van der Waals surface area contributed by atoms with Gasteiger partial charge in [-0.05, 0) is 31.0 Å². The zero-order valence-corrected chi connectivity index (χ0v) is 10.9. The minimum atomic E-state index is -0.979. The van der Waals surface area contributed by atoms with E-state index in [0.717, 1.165) is 37.9 Å². The fourth-order valence-electron chi connectivity index (χ4n) is 1.60. The minimum Gasteiger partial charge on any atom is -0.478 e. The smallest absolute Gasteiger partial charge is 0.335 e. The van der Waals surface area contributed by atoms with Gasteiger partial charge >= 0.3 is 5.97 Å². The maximum Gasteiger partial charge on any atom is 0.335 e. The maximum atomic E-state index is 10.7. The Bertz CT molecular complexity index is 396. The summed E-state index contributed by atoms with van der Waals surface area (Å²) in [7, 11) is 0. The molecule has 1 aromatic rings. The molecule has 18 heavy (non-hydrogen) atoms. The highest BCUT2D eigenvalue weighted by atomic mass is 35.5. The molecule has 0 heterocycles. The molecule has 0 fully saturated rings. The second-order valence-corrected chi connectivity index (χ2v) is 4.47. The summed E-state index contributed by atoms with van der Waals surface area (Å²) < 4.78 is 0. The van der Waals surface area contributed by atoms with Gasteiger partial charge in [0.15, 0.2) is 0 Å². The van der Waals surface area contributed by atoms with Crippen molar-refractivity contribution < 1.29 is 15.0 Å². The van der Waals surface area contributed by atoms with Crippen LogP contribution in [0.1, 0.15) is 36.0 Å². The summed E-state index contributed by atoms with van der Waals surface area (Å²) in [6.07, 6.45) is 3.91. The summed E-state index contributed by atoms with van der Waals surface area (Å²) in [6.45, 7) is 1.04. The number of hydrogen-bond donors (Lipinski definition) is 3. The van der Waals surface area contributed by atoms with E-state index in [1.54, 1.807) is 6.07 Å². The van der Waals surface area contributed by atoms with Crippen molar-refractivity contribution in [3.8, 4) is 0 Å².